The summed E-state index contributed by atoms with van der Waals surface area (Å²) in [6, 6.07) is 17.3. The van der Waals surface area contributed by atoms with Gasteiger partial charge in [0.1, 0.15) is 6.26 Å². The van der Waals surface area contributed by atoms with Crippen LogP contribution in [0.25, 0.3) is 11.5 Å². The van der Waals surface area contributed by atoms with E-state index < -0.39 is 0 Å². The van der Waals surface area contributed by atoms with E-state index in [4.69, 9.17) is 4.42 Å². The zero-order valence-electron chi connectivity index (χ0n) is 19.1. The molecular formula is C25H31N5O2. The predicted molar refractivity (Wildman–Crippen MR) is 127 cm³/mol. The molecule has 0 atom stereocenters. The fourth-order valence-electron chi connectivity index (χ4n) is 3.01. The Kier molecular flexibility index (Phi) is 7.65. The lowest BCUT2D eigenvalue weighted by Gasteiger charge is -2.20. The minimum atomic E-state index is -0.283. The maximum atomic E-state index is 12.4. The number of benzene rings is 2. The molecule has 0 saturated heterocycles. The van der Waals surface area contributed by atoms with Crippen LogP contribution in [0.15, 0.2) is 70.3 Å². The van der Waals surface area contributed by atoms with Crippen LogP contribution in [-0.2, 0) is 13.1 Å². The number of guanidine groups is 1. The molecule has 0 bridgehead atoms. The minimum absolute atomic E-state index is 0.0892. The zero-order valence-corrected chi connectivity index (χ0v) is 19.1. The first-order chi connectivity index (χ1) is 15.3. The van der Waals surface area contributed by atoms with Gasteiger partial charge in [-0.15, -0.1) is 0 Å². The van der Waals surface area contributed by atoms with E-state index in [0.29, 0.717) is 30.5 Å². The highest BCUT2D eigenvalue weighted by molar-refractivity contribution is 5.94. The van der Waals surface area contributed by atoms with Gasteiger partial charge in [0, 0.05) is 23.2 Å². The first-order valence-corrected chi connectivity index (χ1v) is 10.8. The van der Waals surface area contributed by atoms with Crippen molar-refractivity contribution in [2.45, 2.75) is 46.3 Å². The average Bonchev–Trinajstić information content (AvgIpc) is 3.24. The van der Waals surface area contributed by atoms with E-state index in [1.165, 1.54) is 0 Å². The molecule has 3 aromatic rings. The molecule has 7 nitrogen and oxygen atoms in total. The van der Waals surface area contributed by atoms with E-state index >= 15 is 0 Å². The van der Waals surface area contributed by atoms with Crippen LogP contribution < -0.4 is 16.0 Å². The number of hydrogen-bond donors (Lipinski definition) is 3. The number of aromatic nitrogens is 1. The SMILES string of the molecule is CCNC(=NCc1cccc(C(=O)NC(C)(C)C)c1)NCc1coc(-c2ccccc2)n1. The number of carbonyl (C=O) groups is 1. The van der Waals surface area contributed by atoms with Gasteiger partial charge in [0.05, 0.1) is 18.8 Å². The van der Waals surface area contributed by atoms with E-state index in [9.17, 15) is 4.79 Å². The third kappa shape index (κ3) is 6.97. The summed E-state index contributed by atoms with van der Waals surface area (Å²) >= 11 is 0. The summed E-state index contributed by atoms with van der Waals surface area (Å²) < 4.78 is 5.59. The summed E-state index contributed by atoms with van der Waals surface area (Å²) in [7, 11) is 0. The topological polar surface area (TPSA) is 91.5 Å². The summed E-state index contributed by atoms with van der Waals surface area (Å²) in [6.45, 7) is 9.56. The number of rotatable bonds is 7. The van der Waals surface area contributed by atoms with Crippen molar-refractivity contribution < 1.29 is 9.21 Å². The Labute approximate surface area is 189 Å². The van der Waals surface area contributed by atoms with Crippen molar-refractivity contribution in [1.29, 1.82) is 0 Å². The van der Waals surface area contributed by atoms with Crippen molar-refractivity contribution in [2.75, 3.05) is 6.54 Å². The van der Waals surface area contributed by atoms with Crippen molar-refractivity contribution in [3.05, 3.63) is 77.7 Å². The highest BCUT2D eigenvalue weighted by Crippen LogP contribution is 2.17. The summed E-state index contributed by atoms with van der Waals surface area (Å²) in [5.74, 6) is 1.17. The van der Waals surface area contributed by atoms with E-state index in [1.807, 2.05) is 82.3 Å². The van der Waals surface area contributed by atoms with Gasteiger partial charge in [-0.3, -0.25) is 4.79 Å². The number of carbonyl (C=O) groups excluding carboxylic acids is 1. The van der Waals surface area contributed by atoms with Crippen molar-refractivity contribution in [3.8, 4) is 11.5 Å². The molecule has 3 N–H and O–H groups in total. The van der Waals surface area contributed by atoms with E-state index in [-0.39, 0.29) is 11.4 Å². The molecule has 0 unspecified atom stereocenters. The van der Waals surface area contributed by atoms with Gasteiger partial charge in [-0.05, 0) is 57.5 Å². The van der Waals surface area contributed by atoms with Gasteiger partial charge in [-0.25, -0.2) is 9.98 Å². The Balaban J connectivity index is 1.62. The zero-order chi connectivity index (χ0) is 23.0. The van der Waals surface area contributed by atoms with Crippen LogP contribution in [0.2, 0.25) is 0 Å². The Morgan fingerprint density at radius 3 is 2.56 bits per heavy atom. The number of aliphatic imine (C=N–C) groups is 1. The second-order valence-electron chi connectivity index (χ2n) is 8.46. The maximum Gasteiger partial charge on any atom is 0.251 e. The molecule has 7 heteroatoms. The van der Waals surface area contributed by atoms with Gasteiger partial charge >= 0.3 is 0 Å². The smallest absolute Gasteiger partial charge is 0.251 e. The lowest BCUT2D eigenvalue weighted by atomic mass is 10.1. The normalized spacial score (nSPS) is 11.8. The van der Waals surface area contributed by atoms with Crippen LogP contribution in [0.3, 0.4) is 0 Å². The van der Waals surface area contributed by atoms with Gasteiger partial charge in [-0.2, -0.15) is 0 Å². The molecule has 2 aromatic carbocycles. The molecule has 1 heterocycles. The lowest BCUT2D eigenvalue weighted by Crippen LogP contribution is -2.40. The molecule has 3 rings (SSSR count). The average molecular weight is 434 g/mol. The molecule has 32 heavy (non-hydrogen) atoms. The molecule has 0 saturated carbocycles. The standard InChI is InChI=1S/C25H31N5O2/c1-5-26-24(28-16-21-17-32-23(29-21)19-11-7-6-8-12-19)27-15-18-10-9-13-20(14-18)22(31)30-25(2,3)4/h6-14,17H,5,15-16H2,1-4H3,(H,30,31)(H2,26,27,28). The van der Waals surface area contributed by atoms with Crippen LogP contribution >= 0.6 is 0 Å². The van der Waals surface area contributed by atoms with Crippen LogP contribution in [0.1, 0.15) is 49.3 Å². The molecule has 0 aliphatic rings. The highest BCUT2D eigenvalue weighted by Gasteiger charge is 2.15. The molecule has 0 aliphatic heterocycles. The monoisotopic (exact) mass is 433 g/mol. The van der Waals surface area contributed by atoms with E-state index in [1.54, 1.807) is 6.26 Å². The molecule has 0 aliphatic carbocycles. The van der Waals surface area contributed by atoms with Crippen LogP contribution in [-0.4, -0.2) is 28.9 Å². The Morgan fingerprint density at radius 2 is 1.84 bits per heavy atom. The lowest BCUT2D eigenvalue weighted by molar-refractivity contribution is 0.0919. The number of oxazole rings is 1. The van der Waals surface area contributed by atoms with Crippen molar-refractivity contribution in [1.82, 2.24) is 20.9 Å². The first-order valence-electron chi connectivity index (χ1n) is 10.8. The molecule has 168 valence electrons. The van der Waals surface area contributed by atoms with Gasteiger partial charge in [0.15, 0.2) is 5.96 Å². The Bertz CT molecular complexity index is 1050. The molecule has 0 fully saturated rings. The van der Waals surface area contributed by atoms with Crippen molar-refractivity contribution >= 4 is 11.9 Å². The Hall–Kier alpha value is -3.61. The number of amides is 1. The van der Waals surface area contributed by atoms with Gasteiger partial charge in [-0.1, -0.05) is 30.3 Å². The summed E-state index contributed by atoms with van der Waals surface area (Å²) in [5.41, 5.74) is 3.03. The van der Waals surface area contributed by atoms with E-state index in [0.717, 1.165) is 23.4 Å². The second kappa shape index (κ2) is 10.6. The van der Waals surface area contributed by atoms with Crippen LogP contribution in [0.5, 0.6) is 0 Å². The maximum absolute atomic E-state index is 12.4. The molecular weight excluding hydrogens is 402 g/mol. The highest BCUT2D eigenvalue weighted by atomic mass is 16.3. The largest absolute Gasteiger partial charge is 0.444 e. The third-order valence-corrected chi connectivity index (χ3v) is 4.45. The van der Waals surface area contributed by atoms with Gasteiger partial charge in [0.2, 0.25) is 5.89 Å². The quantitative estimate of drug-likeness (QED) is 0.385. The summed E-state index contributed by atoms with van der Waals surface area (Å²) in [4.78, 5) is 21.6. The van der Waals surface area contributed by atoms with E-state index in [2.05, 4.69) is 25.9 Å². The number of hydrogen-bond acceptors (Lipinski definition) is 4. The fourth-order valence-corrected chi connectivity index (χ4v) is 3.01. The first kappa shape index (κ1) is 23.1. The summed E-state index contributed by atoms with van der Waals surface area (Å²) in [6.07, 6.45) is 1.65. The molecule has 1 amide bonds. The number of nitrogens with zero attached hydrogens (tertiary/aromatic N) is 2. The Morgan fingerprint density at radius 1 is 1.06 bits per heavy atom. The van der Waals surface area contributed by atoms with Crippen LogP contribution in [0.4, 0.5) is 0 Å². The molecule has 0 radical (unpaired) electrons. The van der Waals surface area contributed by atoms with Gasteiger partial charge in [0.25, 0.3) is 5.91 Å². The van der Waals surface area contributed by atoms with Crippen molar-refractivity contribution in [2.24, 2.45) is 4.99 Å². The minimum Gasteiger partial charge on any atom is -0.444 e. The fraction of sp³-hybridized carbons (Fsp3) is 0.320. The molecule has 1 aromatic heterocycles. The third-order valence-electron chi connectivity index (χ3n) is 4.45. The predicted octanol–water partition coefficient (Wildman–Crippen LogP) is 4.13. The van der Waals surface area contributed by atoms with Gasteiger partial charge < -0.3 is 20.4 Å². The van der Waals surface area contributed by atoms with Crippen molar-refractivity contribution in [3.63, 3.8) is 0 Å². The van der Waals surface area contributed by atoms with Crippen LogP contribution in [0, 0.1) is 0 Å². The number of nitrogens with one attached hydrogen (secondary N) is 3. The molecule has 0 spiro atoms. The second-order valence-corrected chi connectivity index (χ2v) is 8.46. The summed E-state index contributed by atoms with van der Waals surface area (Å²) in [5, 5.41) is 9.49.